The van der Waals surface area contributed by atoms with Gasteiger partial charge in [-0.25, -0.2) is 0 Å². The highest BCUT2D eigenvalue weighted by atomic mass is 32.2. The minimum absolute atomic E-state index is 0.255. The van der Waals surface area contributed by atoms with E-state index in [9.17, 15) is 9.59 Å². The van der Waals surface area contributed by atoms with E-state index in [-0.39, 0.29) is 11.5 Å². The first-order chi connectivity index (χ1) is 12.5. The lowest BCUT2D eigenvalue weighted by Crippen LogP contribution is -2.30. The fraction of sp³-hybridized carbons (Fsp3) is 0.0500. The number of hydrogen-bond acceptors (Lipinski definition) is 4. The number of thioether (sulfide) groups is 1. The fourth-order valence-electron chi connectivity index (χ4n) is 2.61. The Labute approximate surface area is 161 Å². The summed E-state index contributed by atoms with van der Waals surface area (Å²) < 4.78 is 0.377. The second-order valence-electron chi connectivity index (χ2n) is 5.70. The molecule has 0 atom stereocenters. The molecule has 1 saturated heterocycles. The summed E-state index contributed by atoms with van der Waals surface area (Å²) in [7, 11) is 0. The summed E-state index contributed by atoms with van der Waals surface area (Å²) in [5.74, 6) is -0.853. The van der Waals surface area contributed by atoms with Crippen molar-refractivity contribution in [2.24, 2.45) is 5.73 Å². The molecule has 2 aromatic carbocycles. The van der Waals surface area contributed by atoms with Crippen molar-refractivity contribution in [3.63, 3.8) is 0 Å². The first-order valence-electron chi connectivity index (χ1n) is 7.87. The van der Waals surface area contributed by atoms with Gasteiger partial charge in [-0.05, 0) is 36.3 Å². The van der Waals surface area contributed by atoms with Crippen LogP contribution in [0.3, 0.4) is 0 Å². The number of rotatable bonds is 4. The van der Waals surface area contributed by atoms with Crippen LogP contribution >= 0.6 is 24.0 Å². The molecule has 2 amide bonds. The van der Waals surface area contributed by atoms with E-state index in [1.165, 1.54) is 16.7 Å². The highest BCUT2D eigenvalue weighted by molar-refractivity contribution is 8.27. The van der Waals surface area contributed by atoms with Crippen molar-refractivity contribution in [2.45, 2.75) is 6.92 Å². The van der Waals surface area contributed by atoms with Crippen LogP contribution in [0.15, 0.2) is 71.2 Å². The van der Waals surface area contributed by atoms with Crippen LogP contribution in [0, 0.1) is 0 Å². The molecule has 1 fully saturated rings. The summed E-state index contributed by atoms with van der Waals surface area (Å²) >= 11 is 6.57. The molecule has 0 spiro atoms. The normalized spacial score (nSPS) is 16.4. The van der Waals surface area contributed by atoms with Gasteiger partial charge in [-0.3, -0.25) is 14.5 Å². The molecule has 0 saturated carbocycles. The van der Waals surface area contributed by atoms with Gasteiger partial charge in [0, 0.05) is 0 Å². The number of thiocarbonyl (C=S) groups is 1. The molecule has 1 aliphatic heterocycles. The average Bonchev–Trinajstić information content (AvgIpc) is 2.89. The zero-order chi connectivity index (χ0) is 18.7. The Morgan fingerprint density at radius 2 is 1.77 bits per heavy atom. The highest BCUT2D eigenvalue weighted by Crippen LogP contribution is 2.37. The van der Waals surface area contributed by atoms with Crippen LogP contribution in [0.25, 0.3) is 6.08 Å². The van der Waals surface area contributed by atoms with E-state index in [0.717, 1.165) is 11.1 Å². The van der Waals surface area contributed by atoms with E-state index >= 15 is 0 Å². The van der Waals surface area contributed by atoms with E-state index in [0.29, 0.717) is 14.9 Å². The standard InChI is InChI=1S/C20H16N2O2S2/c1-13(11-14-7-3-2-4-8-14)12-17-19(24)22(20(25)26-17)16-10-6-5-9-15(16)18(21)23/h2-12H,1H3,(H2,21,23)/b13-11+,17-12-. The molecule has 130 valence electrons. The van der Waals surface area contributed by atoms with Gasteiger partial charge in [0.05, 0.1) is 16.2 Å². The molecule has 1 aliphatic rings. The van der Waals surface area contributed by atoms with Crippen LogP contribution < -0.4 is 10.6 Å². The van der Waals surface area contributed by atoms with E-state index in [1.54, 1.807) is 30.3 Å². The third kappa shape index (κ3) is 3.76. The van der Waals surface area contributed by atoms with E-state index in [1.807, 2.05) is 43.3 Å². The Hall–Kier alpha value is -2.70. The number of primary amides is 1. The van der Waals surface area contributed by atoms with E-state index in [2.05, 4.69) is 0 Å². The minimum atomic E-state index is -0.598. The van der Waals surface area contributed by atoms with Crippen LogP contribution in [0.1, 0.15) is 22.8 Å². The summed E-state index contributed by atoms with van der Waals surface area (Å²) in [5, 5.41) is 0. The minimum Gasteiger partial charge on any atom is -0.366 e. The summed E-state index contributed by atoms with van der Waals surface area (Å²) in [6.45, 7) is 1.93. The van der Waals surface area contributed by atoms with Crippen molar-refractivity contribution in [1.82, 2.24) is 0 Å². The van der Waals surface area contributed by atoms with Crippen molar-refractivity contribution in [2.75, 3.05) is 4.90 Å². The van der Waals surface area contributed by atoms with Crippen LogP contribution in [-0.2, 0) is 4.79 Å². The van der Waals surface area contributed by atoms with Gasteiger partial charge in [-0.2, -0.15) is 0 Å². The molecule has 1 heterocycles. The SMILES string of the molecule is CC(/C=C1\SC(=S)N(c2ccccc2C(N)=O)C1=O)=C\c1ccccc1. The lowest BCUT2D eigenvalue weighted by molar-refractivity contribution is -0.113. The molecule has 0 radical (unpaired) electrons. The predicted molar refractivity (Wildman–Crippen MR) is 111 cm³/mol. The zero-order valence-corrected chi connectivity index (χ0v) is 15.6. The first-order valence-corrected chi connectivity index (χ1v) is 9.10. The molecule has 6 heteroatoms. The van der Waals surface area contributed by atoms with Gasteiger partial charge in [0.15, 0.2) is 4.32 Å². The third-order valence-corrected chi connectivity index (χ3v) is 5.06. The number of para-hydroxylation sites is 1. The summed E-state index contributed by atoms with van der Waals surface area (Å²) in [5.41, 5.74) is 8.08. The van der Waals surface area contributed by atoms with Crippen molar-refractivity contribution < 1.29 is 9.59 Å². The molecule has 4 nitrogen and oxygen atoms in total. The van der Waals surface area contributed by atoms with Gasteiger partial charge < -0.3 is 5.73 Å². The molecule has 3 rings (SSSR count). The molecule has 0 unspecified atom stereocenters. The van der Waals surface area contributed by atoms with Gasteiger partial charge in [-0.1, -0.05) is 72.5 Å². The summed E-state index contributed by atoms with van der Waals surface area (Å²) in [4.78, 5) is 26.4. The Balaban J connectivity index is 1.93. The second kappa shape index (κ2) is 7.68. The number of allylic oxidation sites excluding steroid dienone is 2. The first kappa shape index (κ1) is 18.1. The zero-order valence-electron chi connectivity index (χ0n) is 14.0. The van der Waals surface area contributed by atoms with Crippen LogP contribution in [0.4, 0.5) is 5.69 Å². The molecule has 0 aliphatic carbocycles. The Morgan fingerprint density at radius 3 is 2.46 bits per heavy atom. The van der Waals surface area contributed by atoms with E-state index < -0.39 is 5.91 Å². The maximum Gasteiger partial charge on any atom is 0.270 e. The topological polar surface area (TPSA) is 63.4 Å². The number of hydrogen-bond donors (Lipinski definition) is 1. The predicted octanol–water partition coefficient (Wildman–Crippen LogP) is 4.14. The quantitative estimate of drug-likeness (QED) is 0.640. The van der Waals surface area contributed by atoms with Gasteiger partial charge >= 0.3 is 0 Å². The van der Waals surface area contributed by atoms with Gasteiger partial charge in [0.1, 0.15) is 0 Å². The maximum absolute atomic E-state index is 12.8. The molecular formula is C20H16N2O2S2. The maximum atomic E-state index is 12.8. The largest absolute Gasteiger partial charge is 0.366 e. The Bertz CT molecular complexity index is 949. The molecule has 0 bridgehead atoms. The van der Waals surface area contributed by atoms with Crippen LogP contribution in [-0.4, -0.2) is 16.1 Å². The number of nitrogens with two attached hydrogens (primary N) is 1. The number of carbonyl (C=O) groups is 2. The lowest BCUT2D eigenvalue weighted by Gasteiger charge is -2.17. The van der Waals surface area contributed by atoms with Gasteiger partial charge in [0.25, 0.3) is 11.8 Å². The van der Waals surface area contributed by atoms with Crippen molar-refractivity contribution in [1.29, 1.82) is 0 Å². The summed E-state index contributed by atoms with van der Waals surface area (Å²) in [6, 6.07) is 16.5. The van der Waals surface area contributed by atoms with Crippen molar-refractivity contribution >= 4 is 51.9 Å². The van der Waals surface area contributed by atoms with Crippen molar-refractivity contribution in [3.8, 4) is 0 Å². The number of anilines is 1. The van der Waals surface area contributed by atoms with Crippen LogP contribution in [0.2, 0.25) is 0 Å². The van der Waals surface area contributed by atoms with Crippen molar-refractivity contribution in [3.05, 3.63) is 82.3 Å². The van der Waals surface area contributed by atoms with E-state index in [4.69, 9.17) is 18.0 Å². The smallest absolute Gasteiger partial charge is 0.270 e. The lowest BCUT2D eigenvalue weighted by atomic mass is 10.1. The Morgan fingerprint density at radius 1 is 1.12 bits per heavy atom. The molecule has 0 aromatic heterocycles. The van der Waals surface area contributed by atoms with Gasteiger partial charge in [-0.15, -0.1) is 0 Å². The fourth-order valence-corrected chi connectivity index (χ4v) is 3.95. The number of amides is 2. The molecule has 2 aromatic rings. The molecular weight excluding hydrogens is 364 g/mol. The van der Waals surface area contributed by atoms with Gasteiger partial charge in [0.2, 0.25) is 0 Å². The monoisotopic (exact) mass is 380 g/mol. The second-order valence-corrected chi connectivity index (χ2v) is 7.37. The molecule has 2 N–H and O–H groups in total. The average molecular weight is 380 g/mol. The number of carbonyl (C=O) groups excluding carboxylic acids is 2. The number of nitrogens with zero attached hydrogens (tertiary/aromatic N) is 1. The third-order valence-electron chi connectivity index (χ3n) is 3.76. The van der Waals surface area contributed by atoms with Crippen LogP contribution in [0.5, 0.6) is 0 Å². The number of benzene rings is 2. The highest BCUT2D eigenvalue weighted by Gasteiger charge is 2.34. The molecule has 26 heavy (non-hydrogen) atoms. The summed E-state index contributed by atoms with van der Waals surface area (Å²) in [6.07, 6.45) is 3.79. The Kier molecular flexibility index (Phi) is 5.35.